The first kappa shape index (κ1) is 15.7. The summed E-state index contributed by atoms with van der Waals surface area (Å²) >= 11 is 0. The van der Waals surface area contributed by atoms with E-state index < -0.39 is 7.60 Å². The molecule has 5 nitrogen and oxygen atoms in total. The summed E-state index contributed by atoms with van der Waals surface area (Å²) in [7, 11) is -2.97. The summed E-state index contributed by atoms with van der Waals surface area (Å²) in [6.45, 7) is 5.90. The van der Waals surface area contributed by atoms with Crippen molar-refractivity contribution in [1.82, 2.24) is 4.90 Å². The van der Waals surface area contributed by atoms with Crippen molar-refractivity contribution in [3.05, 3.63) is 0 Å². The molecular weight excluding hydrogens is 251 g/mol. The number of piperidine rings is 1. The van der Waals surface area contributed by atoms with Gasteiger partial charge in [0, 0.05) is 6.54 Å². The van der Waals surface area contributed by atoms with Gasteiger partial charge in [0.05, 0.1) is 31.5 Å². The molecule has 1 aliphatic heterocycles. The van der Waals surface area contributed by atoms with Gasteiger partial charge in [-0.2, -0.15) is 5.26 Å². The number of hydrogen-bond acceptors (Lipinski definition) is 5. The monoisotopic (exact) mass is 274 g/mol. The maximum absolute atomic E-state index is 12.3. The van der Waals surface area contributed by atoms with E-state index in [1.54, 1.807) is 0 Å². The molecule has 0 spiro atoms. The molecule has 1 aliphatic rings. The zero-order valence-corrected chi connectivity index (χ0v) is 12.2. The molecule has 0 radical (unpaired) electrons. The Bertz CT molecular complexity index is 320. The van der Waals surface area contributed by atoms with Crippen LogP contribution >= 0.6 is 7.60 Å². The van der Waals surface area contributed by atoms with Crippen LogP contribution in [0.2, 0.25) is 0 Å². The van der Waals surface area contributed by atoms with E-state index in [4.69, 9.17) is 14.3 Å². The molecule has 0 amide bonds. The van der Waals surface area contributed by atoms with E-state index >= 15 is 0 Å². The van der Waals surface area contributed by atoms with Crippen molar-refractivity contribution in [2.75, 3.05) is 32.5 Å². The molecule has 1 heterocycles. The van der Waals surface area contributed by atoms with Crippen molar-refractivity contribution < 1.29 is 13.6 Å². The van der Waals surface area contributed by atoms with Crippen LogP contribution in [0.25, 0.3) is 0 Å². The van der Waals surface area contributed by atoms with Gasteiger partial charge in [-0.3, -0.25) is 9.46 Å². The SMILES string of the molecule is CCOP(=O)(CCN1CCCCC1C#N)OCC. The number of nitriles is 1. The molecule has 1 atom stereocenters. The van der Waals surface area contributed by atoms with Gasteiger partial charge in [0.15, 0.2) is 0 Å². The summed E-state index contributed by atoms with van der Waals surface area (Å²) in [6, 6.07) is 2.26. The van der Waals surface area contributed by atoms with Crippen LogP contribution in [0.3, 0.4) is 0 Å². The lowest BCUT2D eigenvalue weighted by molar-refractivity contribution is 0.180. The standard InChI is InChI=1S/C12H23N2O3P/c1-3-16-18(15,17-4-2)10-9-14-8-6-5-7-12(14)11-13/h12H,3-10H2,1-2H3. The summed E-state index contributed by atoms with van der Waals surface area (Å²) in [5, 5.41) is 9.07. The second-order valence-electron chi connectivity index (χ2n) is 4.35. The topological polar surface area (TPSA) is 62.6 Å². The van der Waals surface area contributed by atoms with Crippen LogP contribution in [0, 0.1) is 11.3 Å². The van der Waals surface area contributed by atoms with Gasteiger partial charge in [0.2, 0.25) is 0 Å². The van der Waals surface area contributed by atoms with Crippen LogP contribution in [0.15, 0.2) is 0 Å². The molecule has 0 aromatic heterocycles. The van der Waals surface area contributed by atoms with Crippen molar-refractivity contribution in [1.29, 1.82) is 5.26 Å². The molecule has 0 aliphatic carbocycles. The minimum absolute atomic E-state index is 0.0459. The fourth-order valence-electron chi connectivity index (χ4n) is 2.22. The summed E-state index contributed by atoms with van der Waals surface area (Å²) in [5.41, 5.74) is 0. The van der Waals surface area contributed by atoms with E-state index in [0.717, 1.165) is 25.8 Å². The zero-order valence-electron chi connectivity index (χ0n) is 11.3. The summed E-state index contributed by atoms with van der Waals surface area (Å²) in [5.74, 6) is 0. The van der Waals surface area contributed by atoms with E-state index in [1.165, 1.54) is 0 Å². The molecule has 0 bridgehead atoms. The minimum atomic E-state index is -2.97. The lowest BCUT2D eigenvalue weighted by Gasteiger charge is -2.32. The van der Waals surface area contributed by atoms with Gasteiger partial charge in [-0.15, -0.1) is 0 Å². The number of hydrogen-bond donors (Lipinski definition) is 0. The quantitative estimate of drug-likeness (QED) is 0.668. The van der Waals surface area contributed by atoms with E-state index in [-0.39, 0.29) is 6.04 Å². The molecule has 1 rings (SSSR count). The Kier molecular flexibility index (Phi) is 6.88. The summed E-state index contributed by atoms with van der Waals surface area (Å²) < 4.78 is 22.8. The molecule has 104 valence electrons. The van der Waals surface area contributed by atoms with Crippen molar-refractivity contribution in [2.24, 2.45) is 0 Å². The van der Waals surface area contributed by atoms with E-state index in [9.17, 15) is 4.57 Å². The Morgan fingerprint density at radius 3 is 2.56 bits per heavy atom. The average molecular weight is 274 g/mol. The van der Waals surface area contributed by atoms with E-state index in [1.807, 2.05) is 13.8 Å². The minimum Gasteiger partial charge on any atom is -0.309 e. The van der Waals surface area contributed by atoms with Gasteiger partial charge in [-0.25, -0.2) is 0 Å². The second-order valence-corrected chi connectivity index (χ2v) is 6.53. The molecule has 1 saturated heterocycles. The molecule has 0 aromatic rings. The molecule has 1 unspecified atom stereocenters. The highest BCUT2D eigenvalue weighted by atomic mass is 31.2. The lowest BCUT2D eigenvalue weighted by atomic mass is 10.0. The van der Waals surface area contributed by atoms with Crippen LogP contribution in [-0.2, 0) is 13.6 Å². The van der Waals surface area contributed by atoms with Gasteiger partial charge in [-0.05, 0) is 39.7 Å². The maximum atomic E-state index is 12.3. The average Bonchev–Trinajstić information content (AvgIpc) is 2.37. The summed E-state index contributed by atoms with van der Waals surface area (Å²) in [6.07, 6.45) is 3.48. The predicted octanol–water partition coefficient (Wildman–Crippen LogP) is 2.63. The highest BCUT2D eigenvalue weighted by Gasteiger charge is 2.28. The highest BCUT2D eigenvalue weighted by molar-refractivity contribution is 7.53. The van der Waals surface area contributed by atoms with Crippen LogP contribution in [-0.4, -0.2) is 43.4 Å². The van der Waals surface area contributed by atoms with Crippen molar-refractivity contribution in [3.8, 4) is 6.07 Å². The smallest absolute Gasteiger partial charge is 0.309 e. The Hall–Kier alpha value is -0.400. The zero-order chi connectivity index (χ0) is 13.4. The van der Waals surface area contributed by atoms with E-state index in [0.29, 0.717) is 25.9 Å². The van der Waals surface area contributed by atoms with Crippen LogP contribution in [0.5, 0.6) is 0 Å². The third kappa shape index (κ3) is 4.70. The molecule has 1 fully saturated rings. The molecule has 0 N–H and O–H groups in total. The Labute approximate surface area is 110 Å². The lowest BCUT2D eigenvalue weighted by Crippen LogP contribution is -2.40. The fraction of sp³-hybridized carbons (Fsp3) is 0.917. The normalized spacial score (nSPS) is 21.7. The van der Waals surface area contributed by atoms with Gasteiger partial charge in [-0.1, -0.05) is 0 Å². The van der Waals surface area contributed by atoms with Crippen LogP contribution in [0.1, 0.15) is 33.1 Å². The molecule has 6 heteroatoms. The first-order valence-corrected chi connectivity index (χ1v) is 8.39. The van der Waals surface area contributed by atoms with Gasteiger partial charge in [0.25, 0.3) is 0 Å². The van der Waals surface area contributed by atoms with Crippen molar-refractivity contribution in [3.63, 3.8) is 0 Å². The number of nitrogens with zero attached hydrogens (tertiary/aromatic N) is 2. The highest BCUT2D eigenvalue weighted by Crippen LogP contribution is 2.47. The van der Waals surface area contributed by atoms with Crippen LogP contribution in [0.4, 0.5) is 0 Å². The van der Waals surface area contributed by atoms with Crippen LogP contribution < -0.4 is 0 Å². The third-order valence-electron chi connectivity index (χ3n) is 3.08. The fourth-order valence-corrected chi connectivity index (χ4v) is 3.84. The largest absolute Gasteiger partial charge is 0.331 e. The van der Waals surface area contributed by atoms with Crippen molar-refractivity contribution in [2.45, 2.75) is 39.2 Å². The van der Waals surface area contributed by atoms with E-state index in [2.05, 4.69) is 11.0 Å². The summed E-state index contributed by atoms with van der Waals surface area (Å²) in [4.78, 5) is 2.09. The maximum Gasteiger partial charge on any atom is 0.331 e. The Balaban J connectivity index is 2.50. The first-order valence-electron chi connectivity index (χ1n) is 6.67. The Morgan fingerprint density at radius 1 is 1.33 bits per heavy atom. The molecule has 0 aromatic carbocycles. The van der Waals surface area contributed by atoms with Gasteiger partial charge < -0.3 is 9.05 Å². The second kappa shape index (κ2) is 7.91. The van der Waals surface area contributed by atoms with Crippen molar-refractivity contribution >= 4 is 7.60 Å². The first-order chi connectivity index (χ1) is 8.65. The third-order valence-corrected chi connectivity index (χ3v) is 5.13. The Morgan fingerprint density at radius 2 is 2.00 bits per heavy atom. The molecular formula is C12H23N2O3P. The van der Waals surface area contributed by atoms with Gasteiger partial charge >= 0.3 is 7.60 Å². The number of likely N-dealkylation sites (tertiary alicyclic amines) is 1. The predicted molar refractivity (Wildman–Crippen MR) is 70.6 cm³/mol. The molecule has 18 heavy (non-hydrogen) atoms. The number of rotatable bonds is 7. The van der Waals surface area contributed by atoms with Gasteiger partial charge in [0.1, 0.15) is 0 Å². The molecule has 0 saturated carbocycles.